The second kappa shape index (κ2) is 5.85. The molecular formula is C17H20BrN3. The van der Waals surface area contributed by atoms with Gasteiger partial charge in [-0.1, -0.05) is 6.07 Å². The van der Waals surface area contributed by atoms with Gasteiger partial charge in [0.15, 0.2) is 0 Å². The summed E-state index contributed by atoms with van der Waals surface area (Å²) in [6, 6.07) is 8.45. The molecule has 3 nitrogen and oxygen atoms in total. The van der Waals surface area contributed by atoms with Crippen LogP contribution in [0.5, 0.6) is 0 Å². The standard InChI is InChI=1S/C17H19N3.BrH/c1-3-14(11-18-8-1)16-5-4-15(12-19-16)17-6-2-9-20(13-17)10-7-17;/h1,3-5,8,11-12H,2,6-7,9-10,13H2;1H. The van der Waals surface area contributed by atoms with Gasteiger partial charge in [-0.2, -0.15) is 0 Å². The van der Waals surface area contributed by atoms with Gasteiger partial charge < -0.3 is 4.90 Å². The number of halogens is 1. The fraction of sp³-hybridized carbons (Fsp3) is 0.412. The van der Waals surface area contributed by atoms with E-state index in [4.69, 9.17) is 0 Å². The SMILES string of the molecule is Br.c1cncc(-c2ccc(C34CCCN(CC3)C4)cn2)c1. The van der Waals surface area contributed by atoms with Gasteiger partial charge in [-0.3, -0.25) is 9.97 Å². The molecule has 2 aliphatic heterocycles. The van der Waals surface area contributed by atoms with Crippen LogP contribution in [0.3, 0.4) is 0 Å². The van der Waals surface area contributed by atoms with Gasteiger partial charge in [0.05, 0.1) is 5.69 Å². The van der Waals surface area contributed by atoms with Crippen LogP contribution in [-0.2, 0) is 5.41 Å². The van der Waals surface area contributed by atoms with E-state index in [1.807, 2.05) is 12.3 Å². The van der Waals surface area contributed by atoms with E-state index in [-0.39, 0.29) is 17.0 Å². The third-order valence-corrected chi connectivity index (χ3v) is 4.90. The first kappa shape index (κ1) is 14.7. The number of aromatic nitrogens is 2. The van der Waals surface area contributed by atoms with Crippen LogP contribution >= 0.6 is 17.0 Å². The van der Waals surface area contributed by atoms with E-state index in [2.05, 4.69) is 39.3 Å². The lowest BCUT2D eigenvalue weighted by Crippen LogP contribution is -2.36. The van der Waals surface area contributed by atoms with Crippen molar-refractivity contribution in [3.63, 3.8) is 0 Å². The summed E-state index contributed by atoms with van der Waals surface area (Å²) >= 11 is 0. The topological polar surface area (TPSA) is 29.0 Å². The summed E-state index contributed by atoms with van der Waals surface area (Å²) in [5, 5.41) is 0. The molecule has 0 radical (unpaired) electrons. The Balaban J connectivity index is 0.00000132. The predicted octanol–water partition coefficient (Wildman–Crippen LogP) is 3.46. The van der Waals surface area contributed by atoms with Gasteiger partial charge in [-0.05, 0) is 56.1 Å². The number of nitrogens with zero attached hydrogens (tertiary/aromatic N) is 3. The molecule has 0 amide bonds. The number of rotatable bonds is 2. The summed E-state index contributed by atoms with van der Waals surface area (Å²) in [6.07, 6.45) is 9.70. The second-order valence-electron chi connectivity index (χ2n) is 6.08. The highest BCUT2D eigenvalue weighted by molar-refractivity contribution is 8.93. The van der Waals surface area contributed by atoms with E-state index in [9.17, 15) is 0 Å². The Hall–Kier alpha value is -1.26. The molecule has 21 heavy (non-hydrogen) atoms. The van der Waals surface area contributed by atoms with Crippen molar-refractivity contribution in [3.05, 3.63) is 48.4 Å². The number of pyridine rings is 2. The molecule has 2 saturated heterocycles. The molecule has 0 saturated carbocycles. The van der Waals surface area contributed by atoms with Gasteiger partial charge in [0.1, 0.15) is 0 Å². The molecule has 4 heterocycles. The van der Waals surface area contributed by atoms with Gasteiger partial charge in [0.2, 0.25) is 0 Å². The Morgan fingerprint density at radius 3 is 2.76 bits per heavy atom. The van der Waals surface area contributed by atoms with Crippen molar-refractivity contribution in [2.45, 2.75) is 24.7 Å². The fourth-order valence-electron chi connectivity index (χ4n) is 3.77. The minimum absolute atomic E-state index is 0. The van der Waals surface area contributed by atoms with Crippen molar-refractivity contribution in [1.82, 2.24) is 14.9 Å². The van der Waals surface area contributed by atoms with Crippen LogP contribution in [0.15, 0.2) is 42.9 Å². The third-order valence-electron chi connectivity index (χ3n) is 4.90. The normalized spacial score (nSPS) is 27.1. The zero-order valence-electron chi connectivity index (χ0n) is 12.0. The van der Waals surface area contributed by atoms with Crippen molar-refractivity contribution in [3.8, 4) is 11.3 Å². The molecule has 2 bridgehead atoms. The van der Waals surface area contributed by atoms with Crippen molar-refractivity contribution in [2.24, 2.45) is 0 Å². The largest absolute Gasteiger partial charge is 0.302 e. The molecule has 2 aromatic rings. The maximum Gasteiger partial charge on any atom is 0.0717 e. The zero-order valence-corrected chi connectivity index (χ0v) is 13.7. The molecule has 0 aliphatic carbocycles. The van der Waals surface area contributed by atoms with Crippen LogP contribution in [0.1, 0.15) is 24.8 Å². The fourth-order valence-corrected chi connectivity index (χ4v) is 3.77. The molecule has 4 rings (SSSR count). The molecule has 0 spiro atoms. The Morgan fingerprint density at radius 2 is 2.00 bits per heavy atom. The smallest absolute Gasteiger partial charge is 0.0717 e. The quantitative estimate of drug-likeness (QED) is 0.834. The molecule has 2 atom stereocenters. The molecule has 110 valence electrons. The maximum atomic E-state index is 4.68. The molecular weight excluding hydrogens is 326 g/mol. The van der Waals surface area contributed by atoms with E-state index >= 15 is 0 Å². The highest BCUT2D eigenvalue weighted by Crippen LogP contribution is 2.41. The van der Waals surface area contributed by atoms with Crippen molar-refractivity contribution < 1.29 is 0 Å². The molecule has 4 heteroatoms. The lowest BCUT2D eigenvalue weighted by Gasteiger charge is -2.34. The van der Waals surface area contributed by atoms with Crippen LogP contribution in [0.25, 0.3) is 11.3 Å². The predicted molar refractivity (Wildman–Crippen MR) is 89.8 cm³/mol. The summed E-state index contributed by atoms with van der Waals surface area (Å²) in [5.74, 6) is 0. The Morgan fingerprint density at radius 1 is 1.05 bits per heavy atom. The van der Waals surface area contributed by atoms with Crippen LogP contribution in [0, 0.1) is 0 Å². The van der Waals surface area contributed by atoms with Crippen LogP contribution < -0.4 is 0 Å². The third kappa shape index (κ3) is 2.62. The summed E-state index contributed by atoms with van der Waals surface area (Å²) in [5.41, 5.74) is 3.91. The molecule has 2 fully saturated rings. The van der Waals surface area contributed by atoms with E-state index in [0.717, 1.165) is 11.3 Å². The first-order valence-electron chi connectivity index (χ1n) is 7.45. The molecule has 2 aliphatic rings. The Bertz CT molecular complexity index is 595. The highest BCUT2D eigenvalue weighted by Gasteiger charge is 2.42. The number of fused-ring (bicyclic) bond motifs is 2. The van der Waals surface area contributed by atoms with Gasteiger partial charge >= 0.3 is 0 Å². The van der Waals surface area contributed by atoms with Crippen molar-refractivity contribution >= 4 is 17.0 Å². The molecule has 0 N–H and O–H groups in total. The molecule has 0 aromatic carbocycles. The number of hydrogen-bond acceptors (Lipinski definition) is 3. The van der Waals surface area contributed by atoms with Crippen molar-refractivity contribution in [1.29, 1.82) is 0 Å². The molecule has 2 aromatic heterocycles. The lowest BCUT2D eigenvalue weighted by molar-refractivity contribution is 0.243. The van der Waals surface area contributed by atoms with Gasteiger partial charge in [0.25, 0.3) is 0 Å². The van der Waals surface area contributed by atoms with Gasteiger partial charge in [0, 0.05) is 36.1 Å². The number of piperidine rings is 1. The Kier molecular flexibility index (Phi) is 4.09. The van der Waals surface area contributed by atoms with Gasteiger partial charge in [-0.25, -0.2) is 0 Å². The lowest BCUT2D eigenvalue weighted by atomic mass is 9.75. The summed E-state index contributed by atoms with van der Waals surface area (Å²) < 4.78 is 0. The van der Waals surface area contributed by atoms with E-state index in [1.165, 1.54) is 44.5 Å². The minimum atomic E-state index is 0. The average Bonchev–Trinajstić information content (AvgIpc) is 2.84. The summed E-state index contributed by atoms with van der Waals surface area (Å²) in [7, 11) is 0. The van der Waals surface area contributed by atoms with Crippen LogP contribution in [0.4, 0.5) is 0 Å². The van der Waals surface area contributed by atoms with Crippen molar-refractivity contribution in [2.75, 3.05) is 19.6 Å². The second-order valence-corrected chi connectivity index (χ2v) is 6.08. The van der Waals surface area contributed by atoms with E-state index in [1.54, 1.807) is 6.20 Å². The average molecular weight is 346 g/mol. The summed E-state index contributed by atoms with van der Waals surface area (Å²) in [4.78, 5) is 11.4. The maximum absolute atomic E-state index is 4.68. The first-order chi connectivity index (χ1) is 9.86. The highest BCUT2D eigenvalue weighted by atomic mass is 79.9. The molecule has 2 unspecified atom stereocenters. The number of hydrogen-bond donors (Lipinski definition) is 0. The van der Waals surface area contributed by atoms with Crippen LogP contribution in [0.2, 0.25) is 0 Å². The Labute approximate surface area is 136 Å². The zero-order chi connectivity index (χ0) is 13.4. The monoisotopic (exact) mass is 345 g/mol. The first-order valence-corrected chi connectivity index (χ1v) is 7.45. The van der Waals surface area contributed by atoms with E-state index in [0.29, 0.717) is 5.41 Å². The van der Waals surface area contributed by atoms with Crippen LogP contribution in [-0.4, -0.2) is 34.5 Å². The summed E-state index contributed by atoms with van der Waals surface area (Å²) in [6.45, 7) is 3.76. The van der Waals surface area contributed by atoms with E-state index < -0.39 is 0 Å². The van der Waals surface area contributed by atoms with Gasteiger partial charge in [-0.15, -0.1) is 17.0 Å². The minimum Gasteiger partial charge on any atom is -0.302 e.